The second-order valence-corrected chi connectivity index (χ2v) is 7.08. The Morgan fingerprint density at radius 3 is 2.75 bits per heavy atom. The van der Waals surface area contributed by atoms with Crippen molar-refractivity contribution in [1.29, 1.82) is 0 Å². The third-order valence-electron chi connectivity index (χ3n) is 5.03. The molecule has 1 aromatic rings. The highest BCUT2D eigenvalue weighted by atomic mass is 16.7. The van der Waals surface area contributed by atoms with Gasteiger partial charge >= 0.3 is 6.03 Å². The number of aliphatic hydroxyl groups excluding tert-OH is 1. The fourth-order valence-electron chi connectivity index (χ4n) is 3.51. The van der Waals surface area contributed by atoms with E-state index >= 15 is 0 Å². The van der Waals surface area contributed by atoms with Gasteiger partial charge in [0.25, 0.3) is 0 Å². The Bertz CT molecular complexity index is 616. The van der Waals surface area contributed by atoms with Gasteiger partial charge in [-0.1, -0.05) is 50.1 Å². The third kappa shape index (κ3) is 5.01. The molecule has 0 radical (unpaired) electrons. The van der Waals surface area contributed by atoms with Gasteiger partial charge in [0, 0.05) is 19.2 Å². The number of urea groups is 1. The van der Waals surface area contributed by atoms with Crippen molar-refractivity contribution in [2.75, 3.05) is 20.3 Å². The minimum atomic E-state index is -1.000. The molecule has 3 N–H and O–H groups in total. The average Bonchev–Trinajstić information content (AvgIpc) is 2.73. The number of ether oxygens (including phenoxy) is 4. The highest BCUT2D eigenvalue weighted by Gasteiger charge is 2.50. The number of fused-ring (bicyclic) bond motifs is 1. The van der Waals surface area contributed by atoms with Crippen LogP contribution in [0.15, 0.2) is 30.3 Å². The number of hydrogen-bond donors (Lipinski definition) is 3. The molecule has 0 spiro atoms. The van der Waals surface area contributed by atoms with Crippen LogP contribution in [0.4, 0.5) is 4.79 Å². The van der Waals surface area contributed by atoms with E-state index in [2.05, 4.69) is 17.6 Å². The number of rotatable bonds is 7. The Balaban J connectivity index is 1.62. The number of unbranched alkanes of at least 4 members (excludes halogenated alkanes) is 2. The summed E-state index contributed by atoms with van der Waals surface area (Å²) in [5.41, 5.74) is 0.861. The van der Waals surface area contributed by atoms with Gasteiger partial charge in [0.05, 0.1) is 6.61 Å². The van der Waals surface area contributed by atoms with Crippen molar-refractivity contribution in [3.05, 3.63) is 35.9 Å². The van der Waals surface area contributed by atoms with Crippen LogP contribution in [0.2, 0.25) is 0 Å². The van der Waals surface area contributed by atoms with Gasteiger partial charge in [-0.05, 0) is 6.42 Å². The minimum Gasteiger partial charge on any atom is -0.388 e. The summed E-state index contributed by atoms with van der Waals surface area (Å²) >= 11 is 0. The lowest BCUT2D eigenvalue weighted by Gasteiger charge is -2.47. The van der Waals surface area contributed by atoms with Crippen molar-refractivity contribution in [2.24, 2.45) is 0 Å². The molecule has 28 heavy (non-hydrogen) atoms. The molecule has 2 aliphatic rings. The number of hydrogen-bond acceptors (Lipinski definition) is 6. The van der Waals surface area contributed by atoms with Crippen LogP contribution in [0.3, 0.4) is 0 Å². The second-order valence-electron chi connectivity index (χ2n) is 7.08. The highest BCUT2D eigenvalue weighted by Crippen LogP contribution is 2.34. The summed E-state index contributed by atoms with van der Waals surface area (Å²) in [6, 6.07) is 8.39. The van der Waals surface area contributed by atoms with E-state index in [1.807, 2.05) is 30.3 Å². The van der Waals surface area contributed by atoms with Gasteiger partial charge in [0.2, 0.25) is 0 Å². The van der Waals surface area contributed by atoms with Crippen LogP contribution in [-0.2, 0) is 18.9 Å². The van der Waals surface area contributed by atoms with E-state index in [0.717, 1.165) is 24.8 Å². The van der Waals surface area contributed by atoms with Crippen LogP contribution in [0.5, 0.6) is 0 Å². The number of amides is 2. The zero-order valence-corrected chi connectivity index (χ0v) is 16.4. The molecule has 2 heterocycles. The number of methoxy groups -OCH3 is 1. The molecule has 0 saturated carbocycles. The summed E-state index contributed by atoms with van der Waals surface area (Å²) in [5, 5.41) is 16.5. The fraction of sp³-hybridized carbons (Fsp3) is 0.650. The molecule has 6 atom stereocenters. The van der Waals surface area contributed by atoms with Crippen molar-refractivity contribution in [3.63, 3.8) is 0 Å². The quantitative estimate of drug-likeness (QED) is 0.609. The van der Waals surface area contributed by atoms with E-state index in [0.29, 0.717) is 6.54 Å². The summed E-state index contributed by atoms with van der Waals surface area (Å²) in [7, 11) is 1.48. The van der Waals surface area contributed by atoms with Gasteiger partial charge in [-0.3, -0.25) is 0 Å². The Labute approximate surface area is 165 Å². The van der Waals surface area contributed by atoms with Crippen LogP contribution >= 0.6 is 0 Å². The zero-order valence-electron chi connectivity index (χ0n) is 16.4. The van der Waals surface area contributed by atoms with Gasteiger partial charge in [-0.2, -0.15) is 0 Å². The van der Waals surface area contributed by atoms with Crippen LogP contribution in [0.1, 0.15) is 38.0 Å². The van der Waals surface area contributed by atoms with E-state index in [1.165, 1.54) is 7.11 Å². The number of carbonyl (C=O) groups is 1. The Kier molecular flexibility index (Phi) is 7.64. The predicted octanol–water partition coefficient (Wildman–Crippen LogP) is 1.69. The van der Waals surface area contributed by atoms with E-state index < -0.39 is 36.9 Å². The summed E-state index contributed by atoms with van der Waals surface area (Å²) in [4.78, 5) is 12.2. The first-order valence-electron chi connectivity index (χ1n) is 9.86. The number of carbonyl (C=O) groups excluding carboxylic acids is 1. The van der Waals surface area contributed by atoms with Crippen molar-refractivity contribution >= 4 is 6.03 Å². The molecule has 2 amide bonds. The molecule has 1 aromatic carbocycles. The average molecular weight is 394 g/mol. The molecule has 2 aliphatic heterocycles. The highest BCUT2D eigenvalue weighted by molar-refractivity contribution is 5.74. The number of benzene rings is 1. The molecule has 8 heteroatoms. The van der Waals surface area contributed by atoms with Gasteiger partial charge in [-0.15, -0.1) is 0 Å². The first kappa shape index (κ1) is 21.0. The largest absolute Gasteiger partial charge is 0.388 e. The first-order valence-corrected chi connectivity index (χ1v) is 9.86. The van der Waals surface area contributed by atoms with Gasteiger partial charge < -0.3 is 34.7 Å². The molecule has 2 fully saturated rings. The van der Waals surface area contributed by atoms with Crippen molar-refractivity contribution in [2.45, 2.75) is 63.1 Å². The maximum atomic E-state index is 12.2. The molecular formula is C20H30N2O6. The van der Waals surface area contributed by atoms with Crippen molar-refractivity contribution in [3.8, 4) is 0 Å². The lowest BCUT2D eigenvalue weighted by Crippen LogP contribution is -2.67. The van der Waals surface area contributed by atoms with Gasteiger partial charge in [-0.25, -0.2) is 4.79 Å². The molecule has 0 bridgehead atoms. The molecule has 3 rings (SSSR count). The third-order valence-corrected chi connectivity index (χ3v) is 5.03. The fourth-order valence-corrected chi connectivity index (χ4v) is 3.51. The second kappa shape index (κ2) is 10.2. The van der Waals surface area contributed by atoms with Crippen LogP contribution in [0, 0.1) is 0 Å². The van der Waals surface area contributed by atoms with E-state index in [4.69, 9.17) is 18.9 Å². The maximum Gasteiger partial charge on any atom is 0.315 e. The molecule has 0 aliphatic carbocycles. The van der Waals surface area contributed by atoms with E-state index in [-0.39, 0.29) is 12.6 Å². The molecule has 156 valence electrons. The SMILES string of the molecule is CCCCCNC(=O)N[C@H]1[C@@H](OC)O[C@@H]2COC(c3ccccc3)O[C@H]2[C@@H]1O. The normalized spacial score (nSPS) is 32.4. The summed E-state index contributed by atoms with van der Waals surface area (Å²) in [6.07, 6.45) is -0.474. The number of aliphatic hydroxyl groups is 1. The van der Waals surface area contributed by atoms with Crippen LogP contribution in [0.25, 0.3) is 0 Å². The topological polar surface area (TPSA) is 98.3 Å². The lowest BCUT2D eigenvalue weighted by atomic mass is 9.96. The first-order chi connectivity index (χ1) is 13.6. The smallest absolute Gasteiger partial charge is 0.315 e. The van der Waals surface area contributed by atoms with E-state index in [9.17, 15) is 9.90 Å². The molecule has 8 nitrogen and oxygen atoms in total. The summed E-state index contributed by atoms with van der Waals surface area (Å²) in [6.45, 7) is 2.94. The number of nitrogens with one attached hydrogen (secondary N) is 2. The molecule has 0 aromatic heterocycles. The van der Waals surface area contributed by atoms with Crippen molar-refractivity contribution in [1.82, 2.24) is 10.6 Å². The summed E-state index contributed by atoms with van der Waals surface area (Å²) < 4.78 is 23.0. The Hall–Kier alpha value is -1.71. The summed E-state index contributed by atoms with van der Waals surface area (Å²) in [5.74, 6) is 0. The Morgan fingerprint density at radius 1 is 1.25 bits per heavy atom. The van der Waals surface area contributed by atoms with Crippen LogP contribution in [-0.4, -0.2) is 62.0 Å². The van der Waals surface area contributed by atoms with Crippen LogP contribution < -0.4 is 10.6 Å². The monoisotopic (exact) mass is 394 g/mol. The lowest BCUT2D eigenvalue weighted by molar-refractivity contribution is -0.340. The zero-order chi connectivity index (χ0) is 19.9. The predicted molar refractivity (Wildman–Crippen MR) is 102 cm³/mol. The molecule has 1 unspecified atom stereocenters. The Morgan fingerprint density at radius 2 is 2.04 bits per heavy atom. The van der Waals surface area contributed by atoms with E-state index in [1.54, 1.807) is 0 Å². The van der Waals surface area contributed by atoms with Gasteiger partial charge in [0.15, 0.2) is 12.6 Å². The molecule has 2 saturated heterocycles. The molecular weight excluding hydrogens is 364 g/mol. The minimum absolute atomic E-state index is 0.261. The standard InChI is InChI=1S/C20H30N2O6/c1-3-4-8-11-21-20(24)22-15-16(23)17-14(27-19(15)25-2)12-26-18(28-17)13-9-6-5-7-10-13/h5-7,9-10,14-19,23H,3-4,8,11-12H2,1-2H3,(H2,21,22,24)/t14-,15-,16-,17-,18?,19+/m1/s1. The van der Waals surface area contributed by atoms with Gasteiger partial charge in [0.1, 0.15) is 24.4 Å². The maximum absolute atomic E-state index is 12.2. The van der Waals surface area contributed by atoms with Crippen molar-refractivity contribution < 1.29 is 28.8 Å².